The summed E-state index contributed by atoms with van der Waals surface area (Å²) in [6, 6.07) is 8.22. The molecule has 1 aliphatic rings. The molecule has 0 saturated heterocycles. The van der Waals surface area contributed by atoms with Crippen LogP contribution in [0, 0.1) is 0 Å². The molecule has 1 unspecified atom stereocenters. The van der Waals surface area contributed by atoms with Crippen LogP contribution >= 0.6 is 0 Å². The summed E-state index contributed by atoms with van der Waals surface area (Å²) in [5.74, 6) is -1.51. The van der Waals surface area contributed by atoms with Gasteiger partial charge in [-0.2, -0.15) is 0 Å². The van der Waals surface area contributed by atoms with E-state index in [1.807, 2.05) is 12.1 Å². The third-order valence-electron chi connectivity index (χ3n) is 4.72. The molecule has 0 spiro atoms. The summed E-state index contributed by atoms with van der Waals surface area (Å²) in [7, 11) is 1.23. The van der Waals surface area contributed by atoms with Crippen LogP contribution < -0.4 is 5.32 Å². The van der Waals surface area contributed by atoms with Gasteiger partial charge in [0.05, 0.1) is 7.11 Å². The van der Waals surface area contributed by atoms with Gasteiger partial charge in [0.25, 0.3) is 5.91 Å². The molecule has 3 rings (SSSR count). The first-order valence-corrected chi connectivity index (χ1v) is 9.22. The van der Waals surface area contributed by atoms with Gasteiger partial charge >= 0.3 is 5.97 Å². The monoisotopic (exact) mass is 408 g/mol. The number of hydrogen-bond donors (Lipinski definition) is 1. The fourth-order valence-electron chi connectivity index (χ4n) is 3.23. The van der Waals surface area contributed by atoms with Crippen LogP contribution in [-0.4, -0.2) is 60.5 Å². The maximum Gasteiger partial charge on any atom is 0.325 e. The minimum absolute atomic E-state index is 0.0625. The Morgan fingerprint density at radius 2 is 2.17 bits per heavy atom. The molecule has 1 N–H and O–H groups in total. The van der Waals surface area contributed by atoms with Crippen LogP contribution in [0.5, 0.6) is 0 Å². The molecule has 154 valence electrons. The van der Waals surface area contributed by atoms with E-state index in [0.29, 0.717) is 11.0 Å². The number of azide groups is 1. The standard InChI is InChI=1S/C20H20N6O4/c1-30-17(27)12-26-11-13(10-23-25-21)6-7-16(20(26)29)24-19(28)18-15-5-3-2-4-14(15)8-9-22-18/h2-6,8-9,16H,7,10-12H2,1H3,(H,24,28). The van der Waals surface area contributed by atoms with E-state index in [1.165, 1.54) is 18.2 Å². The highest BCUT2D eigenvalue weighted by Crippen LogP contribution is 2.18. The minimum Gasteiger partial charge on any atom is -0.468 e. The Morgan fingerprint density at radius 1 is 1.37 bits per heavy atom. The van der Waals surface area contributed by atoms with Crippen molar-refractivity contribution in [2.75, 3.05) is 26.7 Å². The molecule has 1 aliphatic heterocycles. The van der Waals surface area contributed by atoms with Crippen LogP contribution in [0.3, 0.4) is 0 Å². The molecule has 0 saturated carbocycles. The number of aromatic nitrogens is 1. The molecule has 2 aromatic rings. The zero-order chi connectivity index (χ0) is 21.5. The van der Waals surface area contributed by atoms with Gasteiger partial charge in [-0.25, -0.2) is 0 Å². The molecule has 0 fully saturated rings. The molecule has 1 aromatic heterocycles. The third-order valence-corrected chi connectivity index (χ3v) is 4.72. The highest BCUT2D eigenvalue weighted by molar-refractivity contribution is 6.06. The van der Waals surface area contributed by atoms with Crippen LogP contribution in [0.2, 0.25) is 0 Å². The molecule has 30 heavy (non-hydrogen) atoms. The Morgan fingerprint density at radius 3 is 2.93 bits per heavy atom. The lowest BCUT2D eigenvalue weighted by atomic mass is 10.1. The van der Waals surface area contributed by atoms with Gasteiger partial charge in [-0.1, -0.05) is 35.5 Å². The predicted octanol–water partition coefficient (Wildman–Crippen LogP) is 1.98. The molecule has 2 heterocycles. The topological polar surface area (TPSA) is 137 Å². The first-order chi connectivity index (χ1) is 14.5. The number of benzene rings is 1. The summed E-state index contributed by atoms with van der Waals surface area (Å²) in [4.78, 5) is 45.8. The summed E-state index contributed by atoms with van der Waals surface area (Å²) in [6.07, 6.45) is 3.47. The number of amides is 2. The Balaban J connectivity index is 1.85. The highest BCUT2D eigenvalue weighted by atomic mass is 16.5. The van der Waals surface area contributed by atoms with Crippen LogP contribution in [-0.2, 0) is 14.3 Å². The average molecular weight is 408 g/mol. The molecule has 10 nitrogen and oxygen atoms in total. The van der Waals surface area contributed by atoms with Crippen molar-refractivity contribution in [3.05, 3.63) is 64.3 Å². The van der Waals surface area contributed by atoms with Crippen molar-refractivity contribution < 1.29 is 19.1 Å². The molecular weight excluding hydrogens is 388 g/mol. The first kappa shape index (κ1) is 20.8. The zero-order valence-corrected chi connectivity index (χ0v) is 16.3. The second-order valence-corrected chi connectivity index (χ2v) is 6.66. The van der Waals surface area contributed by atoms with Crippen molar-refractivity contribution in [1.82, 2.24) is 15.2 Å². The van der Waals surface area contributed by atoms with Gasteiger partial charge in [0.1, 0.15) is 18.3 Å². The minimum atomic E-state index is -0.897. The average Bonchev–Trinajstić information content (AvgIpc) is 2.91. The Hall–Kier alpha value is -3.91. The van der Waals surface area contributed by atoms with Crippen molar-refractivity contribution in [3.8, 4) is 0 Å². The van der Waals surface area contributed by atoms with E-state index >= 15 is 0 Å². The van der Waals surface area contributed by atoms with Crippen molar-refractivity contribution in [3.63, 3.8) is 0 Å². The maximum atomic E-state index is 13.0. The molecule has 0 bridgehead atoms. The van der Waals surface area contributed by atoms with Crippen molar-refractivity contribution in [2.45, 2.75) is 12.5 Å². The van der Waals surface area contributed by atoms with Crippen LogP contribution in [0.1, 0.15) is 16.9 Å². The molecule has 0 aliphatic carbocycles. The Labute approximate surface area is 172 Å². The number of ether oxygens (including phenoxy) is 1. The summed E-state index contributed by atoms with van der Waals surface area (Å²) >= 11 is 0. The Kier molecular flexibility index (Phi) is 6.61. The largest absolute Gasteiger partial charge is 0.468 e. The molecule has 1 atom stereocenters. The smallest absolute Gasteiger partial charge is 0.325 e. The van der Waals surface area contributed by atoms with Gasteiger partial charge in [0.15, 0.2) is 0 Å². The molecule has 0 radical (unpaired) electrons. The van der Waals surface area contributed by atoms with E-state index < -0.39 is 23.8 Å². The summed E-state index contributed by atoms with van der Waals surface area (Å²) in [5.41, 5.74) is 9.45. The molecular formula is C20H20N6O4. The third kappa shape index (κ3) is 4.73. The quantitative estimate of drug-likeness (QED) is 0.256. The number of hydrogen-bond acceptors (Lipinski definition) is 6. The predicted molar refractivity (Wildman–Crippen MR) is 108 cm³/mol. The normalized spacial score (nSPS) is 16.3. The number of rotatable bonds is 6. The van der Waals surface area contributed by atoms with Gasteiger partial charge in [-0.05, 0) is 29.0 Å². The van der Waals surface area contributed by atoms with Gasteiger partial charge in [0, 0.05) is 29.6 Å². The summed E-state index contributed by atoms with van der Waals surface area (Å²) < 4.78 is 4.66. The van der Waals surface area contributed by atoms with Gasteiger partial charge in [0.2, 0.25) is 5.91 Å². The van der Waals surface area contributed by atoms with Gasteiger partial charge in [-0.15, -0.1) is 0 Å². The van der Waals surface area contributed by atoms with E-state index in [0.717, 1.165) is 5.39 Å². The second kappa shape index (κ2) is 9.53. The van der Waals surface area contributed by atoms with Crippen molar-refractivity contribution in [1.29, 1.82) is 0 Å². The number of fused-ring (bicyclic) bond motifs is 1. The lowest BCUT2D eigenvalue weighted by Gasteiger charge is -2.24. The van der Waals surface area contributed by atoms with Crippen LogP contribution in [0.25, 0.3) is 21.2 Å². The van der Waals surface area contributed by atoms with Gasteiger partial charge < -0.3 is 15.0 Å². The number of carbonyl (C=O) groups excluding carboxylic acids is 3. The summed E-state index contributed by atoms with van der Waals surface area (Å²) in [5, 5.41) is 7.77. The molecule has 1 aromatic carbocycles. The van der Waals surface area contributed by atoms with E-state index in [4.69, 9.17) is 5.53 Å². The van der Waals surface area contributed by atoms with Crippen molar-refractivity contribution >= 4 is 28.6 Å². The fraction of sp³-hybridized carbons (Fsp3) is 0.300. The lowest BCUT2D eigenvalue weighted by molar-refractivity contribution is -0.147. The van der Waals surface area contributed by atoms with E-state index in [1.54, 1.807) is 24.3 Å². The second-order valence-electron chi connectivity index (χ2n) is 6.66. The van der Waals surface area contributed by atoms with Crippen LogP contribution in [0.15, 0.2) is 53.3 Å². The maximum absolute atomic E-state index is 13.0. The number of nitrogens with one attached hydrogen (secondary N) is 1. The van der Waals surface area contributed by atoms with Crippen molar-refractivity contribution in [2.24, 2.45) is 5.11 Å². The van der Waals surface area contributed by atoms with Crippen LogP contribution in [0.4, 0.5) is 0 Å². The molecule has 2 amide bonds. The number of pyridine rings is 1. The van der Waals surface area contributed by atoms with E-state index in [2.05, 4.69) is 25.1 Å². The fourth-order valence-corrected chi connectivity index (χ4v) is 3.23. The lowest BCUT2D eigenvalue weighted by Crippen LogP contribution is -2.49. The first-order valence-electron chi connectivity index (χ1n) is 9.22. The molecule has 10 heteroatoms. The number of esters is 1. The number of nitrogens with zero attached hydrogens (tertiary/aromatic N) is 5. The van der Waals surface area contributed by atoms with E-state index in [-0.39, 0.29) is 31.7 Å². The number of methoxy groups -OCH3 is 1. The highest BCUT2D eigenvalue weighted by Gasteiger charge is 2.30. The zero-order valence-electron chi connectivity index (χ0n) is 16.3. The van der Waals surface area contributed by atoms with Gasteiger partial charge in [-0.3, -0.25) is 19.4 Å². The number of carbonyl (C=O) groups is 3. The van der Waals surface area contributed by atoms with E-state index in [9.17, 15) is 14.4 Å². The SMILES string of the molecule is COC(=O)CN1CC(CN=[N+]=[N-])=CCC(NC(=O)c2nccc3ccccc23)C1=O. The Bertz CT molecular complexity index is 1050. The summed E-state index contributed by atoms with van der Waals surface area (Å²) in [6.45, 7) is -0.110.